The number of H-pyrrole nitrogens is 1. The Hall–Kier alpha value is -1.68. The number of benzene rings is 2. The van der Waals surface area contributed by atoms with Crippen LogP contribution in [0.25, 0.3) is 22.2 Å². The van der Waals surface area contributed by atoms with Gasteiger partial charge < -0.3 is 15.5 Å². The third-order valence-corrected chi connectivity index (χ3v) is 5.34. The molecule has 3 N–H and O–H groups in total. The number of fused-ring (bicyclic) bond motifs is 1. The minimum Gasteiger partial charge on any atom is -0.496 e. The second-order valence-electron chi connectivity index (χ2n) is 6.16. The molecule has 0 atom stereocenters. The van der Waals surface area contributed by atoms with Crippen molar-refractivity contribution in [3.8, 4) is 17.0 Å². The van der Waals surface area contributed by atoms with Crippen molar-refractivity contribution in [1.82, 2.24) is 4.98 Å². The molecule has 0 amide bonds. The van der Waals surface area contributed by atoms with E-state index in [4.69, 9.17) is 33.7 Å². The van der Waals surface area contributed by atoms with Crippen LogP contribution >= 0.6 is 23.2 Å². The first-order valence-electron chi connectivity index (χ1n) is 8.41. The van der Waals surface area contributed by atoms with Crippen LogP contribution in [0.1, 0.15) is 24.0 Å². The Morgan fingerprint density at radius 1 is 1.12 bits per heavy atom. The highest BCUT2D eigenvalue weighted by molar-refractivity contribution is 6.45. The monoisotopic (exact) mass is 376 g/mol. The predicted molar refractivity (Wildman–Crippen MR) is 107 cm³/mol. The van der Waals surface area contributed by atoms with Gasteiger partial charge in [0.2, 0.25) is 0 Å². The summed E-state index contributed by atoms with van der Waals surface area (Å²) in [4.78, 5) is 3.49. The first-order chi connectivity index (χ1) is 12.1. The molecule has 3 aromatic rings. The van der Waals surface area contributed by atoms with Gasteiger partial charge in [-0.05, 0) is 56.0 Å². The van der Waals surface area contributed by atoms with Crippen LogP contribution in [0, 0.1) is 6.92 Å². The van der Waals surface area contributed by atoms with Crippen molar-refractivity contribution in [2.24, 2.45) is 5.73 Å². The van der Waals surface area contributed by atoms with Crippen LogP contribution in [0.15, 0.2) is 30.3 Å². The van der Waals surface area contributed by atoms with Crippen molar-refractivity contribution in [3.05, 3.63) is 51.5 Å². The Labute approximate surface area is 158 Å². The maximum atomic E-state index is 6.45. The Morgan fingerprint density at radius 3 is 2.64 bits per heavy atom. The zero-order valence-electron chi connectivity index (χ0n) is 14.5. The number of para-hydroxylation sites is 1. The largest absolute Gasteiger partial charge is 0.496 e. The summed E-state index contributed by atoms with van der Waals surface area (Å²) in [5.41, 5.74) is 10.9. The van der Waals surface area contributed by atoms with Crippen molar-refractivity contribution in [3.63, 3.8) is 0 Å². The Balaban J connectivity index is 2.25. The second kappa shape index (κ2) is 7.69. The molecule has 0 spiro atoms. The van der Waals surface area contributed by atoms with Gasteiger partial charge in [0, 0.05) is 10.9 Å². The lowest BCUT2D eigenvalue weighted by Crippen LogP contribution is -1.99. The first-order valence-corrected chi connectivity index (χ1v) is 9.16. The summed E-state index contributed by atoms with van der Waals surface area (Å²) in [6, 6.07) is 10.0. The molecule has 0 aliphatic heterocycles. The van der Waals surface area contributed by atoms with Crippen LogP contribution in [0.2, 0.25) is 10.0 Å². The third kappa shape index (κ3) is 3.37. The fraction of sp³-hybridized carbons (Fsp3) is 0.300. The highest BCUT2D eigenvalue weighted by atomic mass is 35.5. The maximum Gasteiger partial charge on any atom is 0.131 e. The lowest BCUT2D eigenvalue weighted by molar-refractivity contribution is 0.413. The van der Waals surface area contributed by atoms with Gasteiger partial charge in [0.05, 0.1) is 28.4 Å². The van der Waals surface area contributed by atoms with E-state index in [9.17, 15) is 0 Å². The number of hydrogen-bond acceptors (Lipinski definition) is 2. The SMILES string of the molecule is COc1c(C)cccc1-c1[nH]c2c(Cl)c(Cl)ccc2c1CCCCN. The van der Waals surface area contributed by atoms with E-state index >= 15 is 0 Å². The number of aromatic amines is 1. The van der Waals surface area contributed by atoms with Gasteiger partial charge in [-0.3, -0.25) is 0 Å². The molecule has 25 heavy (non-hydrogen) atoms. The molecule has 5 heteroatoms. The zero-order valence-corrected chi connectivity index (χ0v) is 16.0. The number of halogens is 2. The molecule has 0 saturated heterocycles. The highest BCUT2D eigenvalue weighted by Gasteiger charge is 2.19. The van der Waals surface area contributed by atoms with Crippen molar-refractivity contribution >= 4 is 34.1 Å². The number of nitrogens with two attached hydrogens (primary N) is 1. The quantitative estimate of drug-likeness (QED) is 0.538. The molecule has 0 saturated carbocycles. The Morgan fingerprint density at radius 2 is 1.92 bits per heavy atom. The minimum absolute atomic E-state index is 0.548. The van der Waals surface area contributed by atoms with Gasteiger partial charge >= 0.3 is 0 Å². The summed E-state index contributed by atoms with van der Waals surface area (Å²) >= 11 is 12.7. The predicted octanol–water partition coefficient (Wildman–Crippen LogP) is 5.74. The fourth-order valence-corrected chi connectivity index (χ4v) is 3.68. The molecule has 3 rings (SSSR count). The van der Waals surface area contributed by atoms with E-state index in [1.165, 1.54) is 5.56 Å². The van der Waals surface area contributed by atoms with E-state index in [0.717, 1.165) is 52.7 Å². The topological polar surface area (TPSA) is 51.0 Å². The molecule has 0 fully saturated rings. The average molecular weight is 377 g/mol. The molecule has 0 aliphatic carbocycles. The van der Waals surface area contributed by atoms with Crippen molar-refractivity contribution in [1.29, 1.82) is 0 Å². The lowest BCUT2D eigenvalue weighted by atomic mass is 9.98. The summed E-state index contributed by atoms with van der Waals surface area (Å²) in [7, 11) is 1.70. The van der Waals surface area contributed by atoms with E-state index in [1.807, 2.05) is 31.2 Å². The van der Waals surface area contributed by atoms with E-state index < -0.39 is 0 Å². The molecular weight excluding hydrogens is 355 g/mol. The van der Waals surface area contributed by atoms with Crippen LogP contribution < -0.4 is 10.5 Å². The number of unbranched alkanes of at least 4 members (excludes halogenated alkanes) is 1. The zero-order chi connectivity index (χ0) is 18.0. The van der Waals surface area contributed by atoms with E-state index in [0.29, 0.717) is 16.6 Å². The molecule has 1 heterocycles. The van der Waals surface area contributed by atoms with Crippen LogP contribution in [-0.2, 0) is 6.42 Å². The van der Waals surface area contributed by atoms with Gasteiger partial charge in [-0.15, -0.1) is 0 Å². The summed E-state index contributed by atoms with van der Waals surface area (Å²) in [5, 5.41) is 2.20. The van der Waals surface area contributed by atoms with Crippen LogP contribution in [-0.4, -0.2) is 18.6 Å². The third-order valence-electron chi connectivity index (χ3n) is 4.54. The van der Waals surface area contributed by atoms with Crippen molar-refractivity contribution in [2.75, 3.05) is 13.7 Å². The maximum absolute atomic E-state index is 6.45. The number of aryl methyl sites for hydroxylation is 2. The normalized spacial score (nSPS) is 11.2. The van der Waals surface area contributed by atoms with Gasteiger partial charge in [0.1, 0.15) is 5.75 Å². The molecule has 132 valence electrons. The average Bonchev–Trinajstić information content (AvgIpc) is 2.97. The van der Waals surface area contributed by atoms with Crippen LogP contribution in [0.4, 0.5) is 0 Å². The van der Waals surface area contributed by atoms with E-state index in [-0.39, 0.29) is 0 Å². The number of ether oxygens (including phenoxy) is 1. The van der Waals surface area contributed by atoms with Crippen molar-refractivity contribution in [2.45, 2.75) is 26.2 Å². The number of nitrogens with one attached hydrogen (secondary N) is 1. The standard InChI is InChI=1S/C20H22Cl2N2O/c1-12-6-5-8-15(20(12)25-2)18-13(7-3-4-11-23)14-9-10-16(21)17(22)19(14)24-18/h5-6,8-10,24H,3-4,7,11,23H2,1-2H3. The molecule has 1 aromatic heterocycles. The van der Waals surface area contributed by atoms with Gasteiger partial charge in [-0.2, -0.15) is 0 Å². The highest BCUT2D eigenvalue weighted by Crippen LogP contribution is 2.41. The van der Waals surface area contributed by atoms with E-state index in [1.54, 1.807) is 7.11 Å². The molecule has 0 unspecified atom stereocenters. The molecule has 0 bridgehead atoms. The summed E-state index contributed by atoms with van der Waals surface area (Å²) in [5.74, 6) is 0.872. The number of methoxy groups -OCH3 is 1. The van der Waals surface area contributed by atoms with Crippen LogP contribution in [0.5, 0.6) is 5.75 Å². The molecule has 3 nitrogen and oxygen atoms in total. The second-order valence-corrected chi connectivity index (χ2v) is 6.95. The minimum atomic E-state index is 0.548. The summed E-state index contributed by atoms with van der Waals surface area (Å²) in [6.45, 7) is 2.74. The fourth-order valence-electron chi connectivity index (χ4n) is 3.32. The molecular formula is C20H22Cl2N2O. The van der Waals surface area contributed by atoms with Crippen LogP contribution in [0.3, 0.4) is 0 Å². The van der Waals surface area contributed by atoms with Gasteiger partial charge in [-0.25, -0.2) is 0 Å². The Kier molecular flexibility index (Phi) is 5.57. The van der Waals surface area contributed by atoms with E-state index in [2.05, 4.69) is 11.1 Å². The smallest absolute Gasteiger partial charge is 0.131 e. The lowest BCUT2D eigenvalue weighted by Gasteiger charge is -2.12. The molecule has 0 radical (unpaired) electrons. The first kappa shape index (κ1) is 18.1. The van der Waals surface area contributed by atoms with Gasteiger partial charge in [0.25, 0.3) is 0 Å². The number of rotatable bonds is 6. The number of aromatic nitrogens is 1. The van der Waals surface area contributed by atoms with Gasteiger partial charge in [-0.1, -0.05) is 41.4 Å². The molecule has 0 aliphatic rings. The summed E-state index contributed by atoms with van der Waals surface area (Å²) in [6.07, 6.45) is 2.92. The number of hydrogen-bond donors (Lipinski definition) is 2. The summed E-state index contributed by atoms with van der Waals surface area (Å²) < 4.78 is 5.66. The van der Waals surface area contributed by atoms with Gasteiger partial charge in [0.15, 0.2) is 0 Å². The Bertz CT molecular complexity index is 902. The molecule has 2 aromatic carbocycles. The van der Waals surface area contributed by atoms with Crippen molar-refractivity contribution < 1.29 is 4.74 Å².